The number of halogens is 1. The standard InChI is InChI=1S/C15H20IN3O/c1-19-8-12(16)13(18-19)14(20)17-15-5-9-2-10(6-15)4-11(3-9)7-15/h8-11H,2-7H2,1H3,(H,17,20). The summed E-state index contributed by atoms with van der Waals surface area (Å²) < 4.78 is 2.66. The van der Waals surface area contributed by atoms with E-state index in [9.17, 15) is 4.79 Å². The summed E-state index contributed by atoms with van der Waals surface area (Å²) in [4.78, 5) is 12.6. The van der Waals surface area contributed by atoms with Gasteiger partial charge in [-0.2, -0.15) is 5.10 Å². The van der Waals surface area contributed by atoms with Gasteiger partial charge in [-0.05, 0) is 78.9 Å². The van der Waals surface area contributed by atoms with E-state index in [4.69, 9.17) is 0 Å². The maximum atomic E-state index is 12.6. The number of nitrogens with one attached hydrogen (secondary N) is 1. The second-order valence-electron chi connectivity index (χ2n) is 7.15. The summed E-state index contributed by atoms with van der Waals surface area (Å²) in [5, 5.41) is 7.68. The van der Waals surface area contributed by atoms with Gasteiger partial charge in [0.1, 0.15) is 0 Å². The number of aromatic nitrogens is 2. The molecule has 1 N–H and O–H groups in total. The number of carbonyl (C=O) groups excluding carboxylic acids is 1. The van der Waals surface area contributed by atoms with E-state index in [1.54, 1.807) is 4.68 Å². The van der Waals surface area contributed by atoms with Gasteiger partial charge in [-0.1, -0.05) is 0 Å². The molecule has 0 aliphatic heterocycles. The topological polar surface area (TPSA) is 46.9 Å². The molecule has 4 aliphatic carbocycles. The van der Waals surface area contributed by atoms with Crippen molar-refractivity contribution in [2.24, 2.45) is 24.8 Å². The highest BCUT2D eigenvalue weighted by molar-refractivity contribution is 14.1. The smallest absolute Gasteiger partial charge is 0.273 e. The summed E-state index contributed by atoms with van der Waals surface area (Å²) in [6, 6.07) is 0. The lowest BCUT2D eigenvalue weighted by atomic mass is 9.53. The third-order valence-corrected chi connectivity index (χ3v) is 6.21. The maximum Gasteiger partial charge on any atom is 0.273 e. The molecule has 0 unspecified atom stereocenters. The molecule has 0 aromatic carbocycles. The second-order valence-corrected chi connectivity index (χ2v) is 8.31. The second kappa shape index (κ2) is 4.45. The van der Waals surface area contributed by atoms with Gasteiger partial charge >= 0.3 is 0 Å². The first-order chi connectivity index (χ1) is 9.53. The predicted molar refractivity (Wildman–Crippen MR) is 84.3 cm³/mol. The Kier molecular flexibility index (Phi) is 2.91. The summed E-state index contributed by atoms with van der Waals surface area (Å²) in [6.07, 6.45) is 9.66. The number of nitrogens with zero attached hydrogens (tertiary/aromatic N) is 2. The lowest BCUT2D eigenvalue weighted by Crippen LogP contribution is -2.59. The van der Waals surface area contributed by atoms with Crippen molar-refractivity contribution in [2.75, 3.05) is 0 Å². The number of aryl methyl sites for hydroxylation is 1. The van der Waals surface area contributed by atoms with E-state index in [1.807, 2.05) is 13.2 Å². The lowest BCUT2D eigenvalue weighted by molar-refractivity contribution is -0.0168. The Hall–Kier alpha value is -0.590. The highest BCUT2D eigenvalue weighted by Crippen LogP contribution is 2.55. The zero-order valence-corrected chi connectivity index (χ0v) is 13.9. The molecular weight excluding hydrogens is 365 g/mol. The van der Waals surface area contributed by atoms with Crippen LogP contribution in [0.4, 0.5) is 0 Å². The van der Waals surface area contributed by atoms with E-state index < -0.39 is 0 Å². The highest BCUT2D eigenvalue weighted by atomic mass is 127. The molecule has 4 aliphatic rings. The zero-order chi connectivity index (χ0) is 13.9. The molecule has 108 valence electrons. The van der Waals surface area contributed by atoms with Crippen LogP contribution < -0.4 is 5.32 Å². The van der Waals surface area contributed by atoms with Gasteiger partial charge in [-0.3, -0.25) is 9.48 Å². The molecule has 0 atom stereocenters. The molecule has 1 amide bonds. The Balaban J connectivity index is 1.57. The van der Waals surface area contributed by atoms with Gasteiger partial charge < -0.3 is 5.32 Å². The Morgan fingerprint density at radius 3 is 2.30 bits per heavy atom. The van der Waals surface area contributed by atoms with Crippen LogP contribution in [0.3, 0.4) is 0 Å². The SMILES string of the molecule is Cn1cc(I)c(C(=O)NC23CC4CC(CC(C4)C2)C3)n1. The average molecular weight is 385 g/mol. The van der Waals surface area contributed by atoms with Crippen LogP contribution in [-0.4, -0.2) is 21.2 Å². The number of hydrogen-bond donors (Lipinski definition) is 1. The molecule has 4 bridgehead atoms. The Bertz CT molecular complexity index is 530. The van der Waals surface area contributed by atoms with Gasteiger partial charge in [0, 0.05) is 18.8 Å². The Morgan fingerprint density at radius 1 is 1.30 bits per heavy atom. The minimum absolute atomic E-state index is 0.0250. The number of hydrogen-bond acceptors (Lipinski definition) is 2. The highest BCUT2D eigenvalue weighted by Gasteiger charge is 2.51. The van der Waals surface area contributed by atoms with Crippen LogP contribution in [0.5, 0.6) is 0 Å². The fourth-order valence-electron chi connectivity index (χ4n) is 5.18. The fourth-order valence-corrected chi connectivity index (χ4v) is 5.93. The quantitative estimate of drug-likeness (QED) is 0.796. The van der Waals surface area contributed by atoms with E-state index in [0.29, 0.717) is 5.69 Å². The van der Waals surface area contributed by atoms with Crippen molar-refractivity contribution < 1.29 is 4.79 Å². The van der Waals surface area contributed by atoms with Crippen LogP contribution in [0.1, 0.15) is 49.0 Å². The molecule has 5 heteroatoms. The molecular formula is C15H20IN3O. The van der Waals surface area contributed by atoms with Crippen molar-refractivity contribution in [3.05, 3.63) is 15.5 Å². The molecule has 0 spiro atoms. The molecule has 4 saturated carbocycles. The normalized spacial score (nSPS) is 38.2. The Labute approximate surface area is 132 Å². The first-order valence-electron chi connectivity index (χ1n) is 7.55. The maximum absolute atomic E-state index is 12.6. The van der Waals surface area contributed by atoms with Gasteiger partial charge in [0.25, 0.3) is 5.91 Å². The minimum Gasteiger partial charge on any atom is -0.345 e. The molecule has 1 heterocycles. The van der Waals surface area contributed by atoms with Crippen molar-refractivity contribution in [1.29, 1.82) is 0 Å². The van der Waals surface area contributed by atoms with E-state index in [-0.39, 0.29) is 11.4 Å². The van der Waals surface area contributed by atoms with Crippen LogP contribution in [0.15, 0.2) is 6.20 Å². The summed E-state index contributed by atoms with van der Waals surface area (Å²) >= 11 is 2.19. The third-order valence-electron chi connectivity index (χ3n) is 5.42. The summed E-state index contributed by atoms with van der Waals surface area (Å²) in [6.45, 7) is 0. The van der Waals surface area contributed by atoms with Crippen LogP contribution >= 0.6 is 22.6 Å². The van der Waals surface area contributed by atoms with Crippen molar-refractivity contribution in [3.63, 3.8) is 0 Å². The van der Waals surface area contributed by atoms with Gasteiger partial charge in [0.05, 0.1) is 3.57 Å². The van der Waals surface area contributed by atoms with Gasteiger partial charge in [0.2, 0.25) is 0 Å². The van der Waals surface area contributed by atoms with Crippen LogP contribution in [0.25, 0.3) is 0 Å². The van der Waals surface area contributed by atoms with E-state index in [0.717, 1.165) is 21.3 Å². The summed E-state index contributed by atoms with van der Waals surface area (Å²) in [7, 11) is 1.86. The van der Waals surface area contributed by atoms with Crippen molar-refractivity contribution in [1.82, 2.24) is 15.1 Å². The molecule has 4 fully saturated rings. The largest absolute Gasteiger partial charge is 0.345 e. The molecule has 0 saturated heterocycles. The predicted octanol–water partition coefficient (Wildman–Crippen LogP) is 2.72. The van der Waals surface area contributed by atoms with Crippen molar-refractivity contribution in [2.45, 2.75) is 44.1 Å². The summed E-state index contributed by atoms with van der Waals surface area (Å²) in [5.41, 5.74) is 0.663. The van der Waals surface area contributed by atoms with Gasteiger partial charge in [-0.25, -0.2) is 0 Å². The van der Waals surface area contributed by atoms with Crippen LogP contribution in [0.2, 0.25) is 0 Å². The summed E-state index contributed by atoms with van der Waals surface area (Å²) in [5.74, 6) is 2.58. The fraction of sp³-hybridized carbons (Fsp3) is 0.733. The first-order valence-corrected chi connectivity index (χ1v) is 8.62. The first kappa shape index (κ1) is 13.1. The lowest BCUT2D eigenvalue weighted by Gasteiger charge is -2.56. The van der Waals surface area contributed by atoms with Crippen molar-refractivity contribution in [3.8, 4) is 0 Å². The van der Waals surface area contributed by atoms with Gasteiger partial charge in [0.15, 0.2) is 5.69 Å². The molecule has 4 nitrogen and oxygen atoms in total. The van der Waals surface area contributed by atoms with Crippen LogP contribution in [0, 0.1) is 21.3 Å². The Morgan fingerprint density at radius 2 is 1.85 bits per heavy atom. The van der Waals surface area contributed by atoms with Crippen molar-refractivity contribution >= 4 is 28.5 Å². The minimum atomic E-state index is 0.0250. The number of rotatable bonds is 2. The zero-order valence-electron chi connectivity index (χ0n) is 11.7. The van der Waals surface area contributed by atoms with E-state index in [1.165, 1.54) is 38.5 Å². The molecule has 20 heavy (non-hydrogen) atoms. The van der Waals surface area contributed by atoms with Gasteiger partial charge in [-0.15, -0.1) is 0 Å². The third kappa shape index (κ3) is 2.09. The molecule has 5 rings (SSSR count). The molecule has 1 aromatic rings. The molecule has 1 aromatic heterocycles. The van der Waals surface area contributed by atoms with E-state index in [2.05, 4.69) is 33.0 Å². The van der Waals surface area contributed by atoms with Crippen LogP contribution in [-0.2, 0) is 7.05 Å². The monoisotopic (exact) mass is 385 g/mol. The number of amides is 1. The molecule has 0 radical (unpaired) electrons. The number of carbonyl (C=O) groups is 1. The average Bonchev–Trinajstić information content (AvgIpc) is 2.66. The van der Waals surface area contributed by atoms with E-state index >= 15 is 0 Å².